The lowest BCUT2D eigenvalue weighted by atomic mass is 9.78. The quantitative estimate of drug-likeness (QED) is 0.730. The van der Waals surface area contributed by atoms with E-state index in [0.717, 1.165) is 12.8 Å². The molecule has 0 heterocycles. The zero-order chi connectivity index (χ0) is 10.1. The van der Waals surface area contributed by atoms with Crippen LogP contribution in [0.2, 0.25) is 0 Å². The number of hydrogen-bond donors (Lipinski definition) is 1. The van der Waals surface area contributed by atoms with Crippen LogP contribution in [0.5, 0.6) is 0 Å². The first kappa shape index (κ1) is 11.3. The highest BCUT2D eigenvalue weighted by Crippen LogP contribution is 2.29. The summed E-state index contributed by atoms with van der Waals surface area (Å²) < 4.78 is 24.1. The molecule has 3 unspecified atom stereocenters. The lowest BCUT2D eigenvalue weighted by molar-refractivity contribution is 0.227. The minimum absolute atomic E-state index is 0.0197. The Hall–Kier alpha value is 0.200. The van der Waals surface area contributed by atoms with Crippen LogP contribution < -0.4 is 4.72 Å². The van der Waals surface area contributed by atoms with Crippen LogP contribution in [0.15, 0.2) is 0 Å². The Morgan fingerprint density at radius 1 is 1.31 bits per heavy atom. The molecular weight excluding hydrogens is 210 g/mol. The zero-order valence-corrected chi connectivity index (χ0v) is 9.53. The lowest BCUT2D eigenvalue weighted by Gasteiger charge is -2.33. The van der Waals surface area contributed by atoms with Gasteiger partial charge in [0.2, 0.25) is 0 Å². The molecule has 5 heteroatoms. The Morgan fingerprint density at radius 2 is 1.92 bits per heavy atom. The molecule has 0 aromatic rings. The molecule has 0 saturated heterocycles. The molecule has 0 aliphatic heterocycles. The summed E-state index contributed by atoms with van der Waals surface area (Å²) in [7, 11) is 1.58. The average Bonchev–Trinajstić information content (AvgIpc) is 1.96. The van der Waals surface area contributed by atoms with Gasteiger partial charge in [0, 0.05) is 16.7 Å². The summed E-state index contributed by atoms with van der Waals surface area (Å²) in [5.41, 5.74) is 0. The van der Waals surface area contributed by atoms with E-state index in [0.29, 0.717) is 11.8 Å². The lowest BCUT2D eigenvalue weighted by Crippen LogP contribution is -2.41. The molecule has 0 aromatic heterocycles. The van der Waals surface area contributed by atoms with Crippen LogP contribution in [0.3, 0.4) is 0 Å². The summed E-state index contributed by atoms with van der Waals surface area (Å²) in [5, 5.41) is 0. The van der Waals surface area contributed by atoms with E-state index < -0.39 is 9.24 Å². The molecule has 1 aliphatic carbocycles. The Kier molecular flexibility index (Phi) is 3.60. The highest BCUT2D eigenvalue weighted by Gasteiger charge is 2.29. The standard InChI is InChI=1S/C8H16ClNO2S/c1-6-4-3-5-8(7(6)2)10-13(9,11)12/h6-8,10H,3-5H2,1-2H3. The molecule has 0 radical (unpaired) electrons. The van der Waals surface area contributed by atoms with Crippen LogP contribution in [-0.4, -0.2) is 14.5 Å². The van der Waals surface area contributed by atoms with Crippen molar-refractivity contribution in [3.05, 3.63) is 0 Å². The van der Waals surface area contributed by atoms with Crippen LogP contribution in [0.25, 0.3) is 0 Å². The van der Waals surface area contributed by atoms with Crippen LogP contribution in [0, 0.1) is 11.8 Å². The van der Waals surface area contributed by atoms with E-state index in [9.17, 15) is 8.42 Å². The topological polar surface area (TPSA) is 46.2 Å². The van der Waals surface area contributed by atoms with Gasteiger partial charge in [-0.3, -0.25) is 0 Å². The molecule has 1 fully saturated rings. The van der Waals surface area contributed by atoms with Crippen molar-refractivity contribution in [2.75, 3.05) is 0 Å². The van der Waals surface area contributed by atoms with Gasteiger partial charge in [0.15, 0.2) is 0 Å². The summed E-state index contributed by atoms with van der Waals surface area (Å²) >= 11 is 0. The Balaban J connectivity index is 2.59. The van der Waals surface area contributed by atoms with Crippen molar-refractivity contribution >= 4 is 19.9 Å². The van der Waals surface area contributed by atoms with Crippen molar-refractivity contribution < 1.29 is 8.42 Å². The molecule has 13 heavy (non-hydrogen) atoms. The molecule has 0 amide bonds. The highest BCUT2D eigenvalue weighted by molar-refractivity contribution is 8.12. The largest absolute Gasteiger partial charge is 0.297 e. The van der Waals surface area contributed by atoms with E-state index >= 15 is 0 Å². The third-order valence-electron chi connectivity index (χ3n) is 3.00. The minimum atomic E-state index is -3.56. The van der Waals surface area contributed by atoms with E-state index in [1.165, 1.54) is 6.42 Å². The van der Waals surface area contributed by atoms with E-state index in [4.69, 9.17) is 10.7 Å². The van der Waals surface area contributed by atoms with E-state index in [2.05, 4.69) is 18.6 Å². The number of rotatable bonds is 2. The molecule has 0 aromatic carbocycles. The van der Waals surface area contributed by atoms with Crippen LogP contribution >= 0.6 is 10.7 Å². The first-order valence-corrected chi connectivity index (χ1v) is 6.93. The summed E-state index contributed by atoms with van der Waals surface area (Å²) in [5.74, 6) is 0.951. The maximum Gasteiger partial charge on any atom is 0.297 e. The summed E-state index contributed by atoms with van der Waals surface area (Å²) in [6, 6.07) is 0.0197. The van der Waals surface area contributed by atoms with Gasteiger partial charge in [-0.15, -0.1) is 0 Å². The van der Waals surface area contributed by atoms with Crippen LogP contribution in [0.1, 0.15) is 33.1 Å². The zero-order valence-electron chi connectivity index (χ0n) is 7.96. The Labute approximate surface area is 84.4 Å². The SMILES string of the molecule is CC1CCCC(NS(=O)(=O)Cl)C1C. The minimum Gasteiger partial charge on any atom is -0.199 e. The van der Waals surface area contributed by atoms with Crippen molar-refractivity contribution in [2.24, 2.45) is 11.8 Å². The second kappa shape index (κ2) is 4.15. The van der Waals surface area contributed by atoms with Gasteiger partial charge in [-0.05, 0) is 18.3 Å². The molecular formula is C8H16ClNO2S. The molecule has 0 spiro atoms. The first-order valence-electron chi connectivity index (χ1n) is 4.62. The number of hydrogen-bond acceptors (Lipinski definition) is 2. The summed E-state index contributed by atoms with van der Waals surface area (Å²) in [6.07, 6.45) is 3.16. The van der Waals surface area contributed by atoms with Gasteiger partial charge in [-0.25, -0.2) is 0 Å². The third kappa shape index (κ3) is 3.44. The molecule has 1 saturated carbocycles. The molecule has 1 rings (SSSR count). The second-order valence-electron chi connectivity index (χ2n) is 3.93. The van der Waals surface area contributed by atoms with Crippen LogP contribution in [0.4, 0.5) is 0 Å². The van der Waals surface area contributed by atoms with Crippen molar-refractivity contribution in [3.63, 3.8) is 0 Å². The van der Waals surface area contributed by atoms with Gasteiger partial charge in [0.05, 0.1) is 0 Å². The fraction of sp³-hybridized carbons (Fsp3) is 1.00. The average molecular weight is 226 g/mol. The molecule has 3 atom stereocenters. The predicted molar refractivity (Wildman–Crippen MR) is 53.9 cm³/mol. The fourth-order valence-electron chi connectivity index (χ4n) is 1.93. The van der Waals surface area contributed by atoms with Gasteiger partial charge in [0.1, 0.15) is 0 Å². The van der Waals surface area contributed by atoms with E-state index in [-0.39, 0.29) is 6.04 Å². The van der Waals surface area contributed by atoms with Crippen LogP contribution in [-0.2, 0) is 9.24 Å². The van der Waals surface area contributed by atoms with Gasteiger partial charge >= 0.3 is 0 Å². The first-order chi connectivity index (χ1) is 5.90. The maximum atomic E-state index is 10.8. The van der Waals surface area contributed by atoms with Gasteiger partial charge in [-0.1, -0.05) is 26.7 Å². The van der Waals surface area contributed by atoms with E-state index in [1.807, 2.05) is 0 Å². The monoisotopic (exact) mass is 225 g/mol. The van der Waals surface area contributed by atoms with Crippen molar-refractivity contribution in [1.29, 1.82) is 0 Å². The van der Waals surface area contributed by atoms with Crippen molar-refractivity contribution in [3.8, 4) is 0 Å². The molecule has 1 N–H and O–H groups in total. The highest BCUT2D eigenvalue weighted by atomic mass is 35.7. The smallest absolute Gasteiger partial charge is 0.199 e. The molecule has 1 aliphatic rings. The number of nitrogens with one attached hydrogen (secondary N) is 1. The predicted octanol–water partition coefficient (Wildman–Crippen LogP) is 1.88. The van der Waals surface area contributed by atoms with Crippen molar-refractivity contribution in [1.82, 2.24) is 4.72 Å². The summed E-state index contributed by atoms with van der Waals surface area (Å²) in [4.78, 5) is 0. The van der Waals surface area contributed by atoms with Gasteiger partial charge in [0.25, 0.3) is 9.24 Å². The van der Waals surface area contributed by atoms with Crippen molar-refractivity contribution in [2.45, 2.75) is 39.2 Å². The Morgan fingerprint density at radius 3 is 2.46 bits per heavy atom. The summed E-state index contributed by atoms with van der Waals surface area (Å²) in [6.45, 7) is 4.23. The second-order valence-corrected chi connectivity index (χ2v) is 6.26. The number of halogens is 1. The third-order valence-corrected chi connectivity index (χ3v) is 3.85. The molecule has 3 nitrogen and oxygen atoms in total. The molecule has 78 valence electrons. The van der Waals surface area contributed by atoms with E-state index in [1.54, 1.807) is 0 Å². The Bertz CT molecular complexity index is 265. The van der Waals surface area contributed by atoms with Gasteiger partial charge in [-0.2, -0.15) is 13.1 Å². The fourth-order valence-corrected chi connectivity index (χ4v) is 2.97. The maximum absolute atomic E-state index is 10.8. The molecule has 0 bridgehead atoms. The normalized spacial score (nSPS) is 36.1. The van der Waals surface area contributed by atoms with Gasteiger partial charge < -0.3 is 0 Å².